The second-order valence-corrected chi connectivity index (χ2v) is 6.55. The van der Waals surface area contributed by atoms with E-state index >= 15 is 0 Å². The van der Waals surface area contributed by atoms with Gasteiger partial charge in [0.15, 0.2) is 0 Å². The van der Waals surface area contributed by atoms with Crippen LogP contribution in [0.4, 0.5) is 4.79 Å². The van der Waals surface area contributed by atoms with Crippen LogP contribution in [-0.4, -0.2) is 45.7 Å². The number of amides is 1. The largest absolute Gasteiger partial charge is 0.444 e. The van der Waals surface area contributed by atoms with Crippen molar-refractivity contribution in [1.29, 1.82) is 0 Å². The van der Waals surface area contributed by atoms with Gasteiger partial charge < -0.3 is 19.9 Å². The summed E-state index contributed by atoms with van der Waals surface area (Å²) in [5, 5.41) is 3.52. The molecule has 0 aliphatic carbocycles. The fourth-order valence-corrected chi connectivity index (χ4v) is 2.45. The van der Waals surface area contributed by atoms with Crippen molar-refractivity contribution in [2.45, 2.75) is 58.2 Å². The first-order valence-corrected chi connectivity index (χ1v) is 7.62. The van der Waals surface area contributed by atoms with Crippen molar-refractivity contribution >= 4 is 6.09 Å². The van der Waals surface area contributed by atoms with Crippen LogP contribution in [0, 0.1) is 0 Å². The number of aromatic nitrogens is 2. The van der Waals surface area contributed by atoms with Crippen molar-refractivity contribution in [3.63, 3.8) is 0 Å². The third-order valence-corrected chi connectivity index (χ3v) is 3.52. The summed E-state index contributed by atoms with van der Waals surface area (Å²) in [6.45, 7) is 8.01. The molecule has 1 amide bonds. The summed E-state index contributed by atoms with van der Waals surface area (Å²) in [6, 6.07) is 0.431. The van der Waals surface area contributed by atoms with Crippen molar-refractivity contribution < 1.29 is 9.53 Å². The number of rotatable bonds is 3. The molecule has 1 saturated heterocycles. The molecule has 0 bridgehead atoms. The molecule has 118 valence electrons. The van der Waals surface area contributed by atoms with Gasteiger partial charge in [0.1, 0.15) is 5.60 Å². The van der Waals surface area contributed by atoms with E-state index in [-0.39, 0.29) is 6.09 Å². The minimum atomic E-state index is -0.429. The minimum Gasteiger partial charge on any atom is -0.444 e. The van der Waals surface area contributed by atoms with E-state index in [0.717, 1.165) is 44.6 Å². The van der Waals surface area contributed by atoms with Gasteiger partial charge in [0.25, 0.3) is 0 Å². The quantitative estimate of drug-likeness (QED) is 0.897. The summed E-state index contributed by atoms with van der Waals surface area (Å²) in [5.41, 5.74) is 0.657. The predicted molar refractivity (Wildman–Crippen MR) is 80.9 cm³/mol. The molecular formula is C15H26N4O2. The molecule has 2 N–H and O–H groups in total. The molecular weight excluding hydrogens is 268 g/mol. The molecule has 0 spiro atoms. The van der Waals surface area contributed by atoms with Crippen LogP contribution in [0.3, 0.4) is 0 Å². The van der Waals surface area contributed by atoms with E-state index < -0.39 is 5.60 Å². The van der Waals surface area contributed by atoms with E-state index in [9.17, 15) is 4.79 Å². The van der Waals surface area contributed by atoms with Crippen LogP contribution in [0.5, 0.6) is 0 Å². The summed E-state index contributed by atoms with van der Waals surface area (Å²) in [6.07, 6.45) is 6.35. The van der Waals surface area contributed by atoms with Crippen LogP contribution in [0.25, 0.3) is 0 Å². The molecule has 1 aromatic heterocycles. The van der Waals surface area contributed by atoms with Gasteiger partial charge in [-0.2, -0.15) is 0 Å². The number of nitrogens with zero attached hydrogens (tertiary/aromatic N) is 2. The Morgan fingerprint density at radius 1 is 1.48 bits per heavy atom. The SMILES string of the molecule is CC(C)(C)OC(=O)N1CCCC(NCc2cnc[nH]2)CC1. The fraction of sp³-hybridized carbons (Fsp3) is 0.733. The van der Waals surface area contributed by atoms with Gasteiger partial charge >= 0.3 is 6.09 Å². The first kappa shape index (κ1) is 15.8. The summed E-state index contributed by atoms with van der Waals surface area (Å²) in [4.78, 5) is 21.0. The number of H-pyrrole nitrogens is 1. The number of nitrogens with one attached hydrogen (secondary N) is 2. The topological polar surface area (TPSA) is 70.2 Å². The molecule has 0 radical (unpaired) electrons. The Morgan fingerprint density at radius 3 is 2.95 bits per heavy atom. The molecule has 1 aliphatic heterocycles. The fourth-order valence-electron chi connectivity index (χ4n) is 2.45. The smallest absolute Gasteiger partial charge is 0.410 e. The highest BCUT2D eigenvalue weighted by molar-refractivity contribution is 5.68. The molecule has 1 aromatic rings. The average molecular weight is 294 g/mol. The average Bonchev–Trinajstić information content (AvgIpc) is 2.78. The number of hydrogen-bond donors (Lipinski definition) is 2. The standard InChI is InChI=1S/C15H26N4O2/c1-15(2,3)21-14(20)19-7-4-5-12(6-8-19)17-10-13-9-16-11-18-13/h9,11-12,17H,4-8,10H2,1-3H3,(H,16,18). The molecule has 1 fully saturated rings. The first-order valence-electron chi connectivity index (χ1n) is 7.62. The molecule has 6 heteroatoms. The Labute approximate surface area is 126 Å². The van der Waals surface area contributed by atoms with E-state index in [1.165, 1.54) is 0 Å². The van der Waals surface area contributed by atoms with Crippen molar-refractivity contribution in [1.82, 2.24) is 20.2 Å². The van der Waals surface area contributed by atoms with E-state index in [1.54, 1.807) is 6.33 Å². The minimum absolute atomic E-state index is 0.197. The zero-order valence-electron chi connectivity index (χ0n) is 13.2. The lowest BCUT2D eigenvalue weighted by atomic mass is 10.1. The second-order valence-electron chi connectivity index (χ2n) is 6.55. The lowest BCUT2D eigenvalue weighted by Gasteiger charge is -2.26. The summed E-state index contributed by atoms with van der Waals surface area (Å²) >= 11 is 0. The molecule has 2 heterocycles. The van der Waals surface area contributed by atoms with Gasteiger partial charge in [0, 0.05) is 37.6 Å². The zero-order valence-corrected chi connectivity index (χ0v) is 13.2. The highest BCUT2D eigenvalue weighted by Crippen LogP contribution is 2.15. The van der Waals surface area contributed by atoms with Gasteiger partial charge in [-0.25, -0.2) is 9.78 Å². The maximum absolute atomic E-state index is 12.1. The number of ether oxygens (including phenoxy) is 1. The van der Waals surface area contributed by atoms with E-state index in [0.29, 0.717) is 6.04 Å². The van der Waals surface area contributed by atoms with Gasteiger partial charge in [-0.3, -0.25) is 0 Å². The lowest BCUT2D eigenvalue weighted by molar-refractivity contribution is 0.0256. The van der Waals surface area contributed by atoms with Crippen LogP contribution < -0.4 is 5.32 Å². The predicted octanol–water partition coefficient (Wildman–Crippen LogP) is 2.29. The molecule has 21 heavy (non-hydrogen) atoms. The van der Waals surface area contributed by atoms with E-state index in [1.807, 2.05) is 31.9 Å². The Morgan fingerprint density at radius 2 is 2.29 bits per heavy atom. The highest BCUT2D eigenvalue weighted by atomic mass is 16.6. The van der Waals surface area contributed by atoms with E-state index in [2.05, 4.69) is 15.3 Å². The van der Waals surface area contributed by atoms with Gasteiger partial charge in [0.05, 0.1) is 6.33 Å². The van der Waals surface area contributed by atoms with Gasteiger partial charge in [-0.15, -0.1) is 0 Å². The second kappa shape index (κ2) is 6.93. The van der Waals surface area contributed by atoms with Crippen molar-refractivity contribution in [3.8, 4) is 0 Å². The lowest BCUT2D eigenvalue weighted by Crippen LogP contribution is -2.38. The number of imidazole rings is 1. The summed E-state index contributed by atoms with van der Waals surface area (Å²) < 4.78 is 5.44. The van der Waals surface area contributed by atoms with Crippen molar-refractivity contribution in [2.75, 3.05) is 13.1 Å². The molecule has 1 unspecified atom stereocenters. The highest BCUT2D eigenvalue weighted by Gasteiger charge is 2.24. The number of hydrogen-bond acceptors (Lipinski definition) is 4. The number of carbonyl (C=O) groups excluding carboxylic acids is 1. The Kier molecular flexibility index (Phi) is 5.22. The number of carbonyl (C=O) groups is 1. The van der Waals surface area contributed by atoms with E-state index in [4.69, 9.17) is 4.74 Å². The normalized spacial score (nSPS) is 20.1. The zero-order chi connectivity index (χ0) is 15.3. The maximum atomic E-state index is 12.1. The molecule has 0 aromatic carbocycles. The molecule has 2 rings (SSSR count). The van der Waals surface area contributed by atoms with Crippen molar-refractivity contribution in [2.24, 2.45) is 0 Å². The van der Waals surface area contributed by atoms with Gasteiger partial charge in [-0.1, -0.05) is 0 Å². The van der Waals surface area contributed by atoms with Crippen molar-refractivity contribution in [3.05, 3.63) is 18.2 Å². The van der Waals surface area contributed by atoms with Crippen LogP contribution >= 0.6 is 0 Å². The van der Waals surface area contributed by atoms with Gasteiger partial charge in [0.2, 0.25) is 0 Å². The number of aromatic amines is 1. The summed E-state index contributed by atoms with van der Waals surface area (Å²) in [7, 11) is 0. The molecule has 6 nitrogen and oxygen atoms in total. The molecule has 1 aliphatic rings. The van der Waals surface area contributed by atoms with Crippen LogP contribution in [0.2, 0.25) is 0 Å². The monoisotopic (exact) mass is 294 g/mol. The third kappa shape index (κ3) is 5.38. The Hall–Kier alpha value is -1.56. The van der Waals surface area contributed by atoms with Gasteiger partial charge in [-0.05, 0) is 40.0 Å². The van der Waals surface area contributed by atoms with Crippen LogP contribution in [-0.2, 0) is 11.3 Å². The Balaban J connectivity index is 1.77. The molecule has 1 atom stereocenters. The third-order valence-electron chi connectivity index (χ3n) is 3.52. The number of likely N-dealkylation sites (tertiary alicyclic amines) is 1. The summed E-state index contributed by atoms with van der Waals surface area (Å²) in [5.74, 6) is 0. The molecule has 0 saturated carbocycles. The maximum Gasteiger partial charge on any atom is 0.410 e. The van der Waals surface area contributed by atoms with Crippen LogP contribution in [0.15, 0.2) is 12.5 Å². The van der Waals surface area contributed by atoms with Crippen LogP contribution in [0.1, 0.15) is 45.7 Å². The Bertz CT molecular complexity index is 439. The first-order chi connectivity index (χ1) is 9.94.